The van der Waals surface area contributed by atoms with Crippen LogP contribution in [0.4, 0.5) is 8.78 Å². The number of halogens is 2. The van der Waals surface area contributed by atoms with Gasteiger partial charge in [0.05, 0.1) is 11.2 Å². The first-order valence-electron chi connectivity index (χ1n) is 10.1. The van der Waals surface area contributed by atoms with E-state index in [0.29, 0.717) is 17.9 Å². The van der Waals surface area contributed by atoms with Crippen molar-refractivity contribution in [2.75, 3.05) is 6.54 Å². The Morgan fingerprint density at radius 2 is 2.03 bits per heavy atom. The first-order valence-corrected chi connectivity index (χ1v) is 10.1. The van der Waals surface area contributed by atoms with E-state index in [4.69, 9.17) is 10.8 Å². The number of fused-ring (bicyclic) bond motifs is 2. The van der Waals surface area contributed by atoms with E-state index in [9.17, 15) is 8.78 Å². The second-order valence-electron chi connectivity index (χ2n) is 7.54. The predicted molar refractivity (Wildman–Crippen MR) is 112 cm³/mol. The monoisotopic (exact) mass is 405 g/mol. The van der Waals surface area contributed by atoms with E-state index in [0.717, 1.165) is 59.1 Å². The number of aromatic nitrogens is 4. The van der Waals surface area contributed by atoms with Gasteiger partial charge in [0.2, 0.25) is 0 Å². The summed E-state index contributed by atoms with van der Waals surface area (Å²) >= 11 is 0. The Balaban J connectivity index is 1.68. The highest BCUT2D eigenvalue weighted by molar-refractivity contribution is 5.89. The molecule has 0 amide bonds. The number of benzene rings is 1. The third kappa shape index (κ3) is 3.25. The van der Waals surface area contributed by atoms with E-state index < -0.39 is 6.43 Å². The number of pyridine rings is 2. The largest absolute Gasteiger partial charge is 0.330 e. The van der Waals surface area contributed by atoms with Crippen LogP contribution in [0.2, 0.25) is 0 Å². The summed E-state index contributed by atoms with van der Waals surface area (Å²) in [7, 11) is 0. The molecule has 0 saturated heterocycles. The van der Waals surface area contributed by atoms with Crippen molar-refractivity contribution in [1.82, 2.24) is 19.7 Å². The number of hydrogen-bond donors (Lipinski definition) is 1. The van der Waals surface area contributed by atoms with Crippen LogP contribution in [0.15, 0.2) is 48.7 Å². The molecule has 0 bridgehead atoms. The summed E-state index contributed by atoms with van der Waals surface area (Å²) in [6.07, 6.45) is 1.94. The maximum atomic E-state index is 13.2. The fraction of sp³-hybridized carbons (Fsp3) is 0.261. The Bertz CT molecular complexity index is 1230. The van der Waals surface area contributed by atoms with E-state index in [1.165, 1.54) is 6.07 Å². The topological polar surface area (TPSA) is 69.6 Å². The second kappa shape index (κ2) is 7.57. The summed E-state index contributed by atoms with van der Waals surface area (Å²) in [5.41, 5.74) is 11.7. The lowest BCUT2D eigenvalue weighted by Gasteiger charge is -2.09. The highest BCUT2D eigenvalue weighted by Crippen LogP contribution is 2.38. The number of rotatable bonds is 5. The van der Waals surface area contributed by atoms with Crippen LogP contribution in [-0.2, 0) is 19.4 Å². The Morgan fingerprint density at radius 1 is 1.13 bits per heavy atom. The normalized spacial score (nSPS) is 13.3. The Kier molecular flexibility index (Phi) is 4.75. The lowest BCUT2D eigenvalue weighted by molar-refractivity contribution is 0.146. The highest BCUT2D eigenvalue weighted by atomic mass is 19.3. The van der Waals surface area contributed by atoms with E-state index in [2.05, 4.69) is 22.1 Å². The average Bonchev–Trinajstić information content (AvgIpc) is 3.35. The molecule has 0 radical (unpaired) electrons. The summed E-state index contributed by atoms with van der Waals surface area (Å²) in [4.78, 5) is 8.72. The fourth-order valence-corrected chi connectivity index (χ4v) is 4.16. The van der Waals surface area contributed by atoms with Crippen molar-refractivity contribution in [1.29, 1.82) is 0 Å². The van der Waals surface area contributed by atoms with Crippen LogP contribution in [0.3, 0.4) is 0 Å². The lowest BCUT2D eigenvalue weighted by atomic mass is 9.97. The molecule has 5 rings (SSSR count). The Labute approximate surface area is 172 Å². The number of nitrogens with two attached hydrogens (primary N) is 1. The van der Waals surface area contributed by atoms with Gasteiger partial charge in [-0.25, -0.2) is 13.8 Å². The minimum absolute atomic E-state index is 0.235. The lowest BCUT2D eigenvalue weighted by Crippen LogP contribution is -2.02. The molecule has 7 heteroatoms. The molecular weight excluding hydrogens is 384 g/mol. The van der Waals surface area contributed by atoms with Crippen LogP contribution in [0, 0.1) is 0 Å². The SMILES string of the molecule is NCCc1cnc2ccc(-c3c(-c4cccc(C(F)F)n4)nn4c3CCC4)cc2c1. The minimum atomic E-state index is -2.62. The highest BCUT2D eigenvalue weighted by Gasteiger charge is 2.25. The summed E-state index contributed by atoms with van der Waals surface area (Å²) in [5.74, 6) is 0. The molecule has 1 aliphatic heterocycles. The number of hydrogen-bond acceptors (Lipinski definition) is 4. The predicted octanol–water partition coefficient (Wildman–Crippen LogP) is 4.55. The molecule has 1 aromatic carbocycles. The standard InChI is InChI=1S/C23H21F2N5/c24-23(25)19-4-1-3-18(28-19)22-21(20-5-2-10-30(20)29-22)15-6-7-17-16(12-15)11-14(8-9-26)13-27-17/h1,3-4,6-7,11-13,23H,2,5,8-10,26H2. The molecule has 0 spiro atoms. The zero-order chi connectivity index (χ0) is 20.7. The van der Waals surface area contributed by atoms with Crippen LogP contribution in [0.1, 0.15) is 29.8 Å². The summed E-state index contributed by atoms with van der Waals surface area (Å²) in [5, 5.41) is 5.77. The van der Waals surface area contributed by atoms with Gasteiger partial charge in [-0.15, -0.1) is 0 Å². The molecule has 30 heavy (non-hydrogen) atoms. The van der Waals surface area contributed by atoms with Crippen LogP contribution in [0.25, 0.3) is 33.4 Å². The molecule has 0 atom stereocenters. The first-order chi connectivity index (χ1) is 14.6. The summed E-state index contributed by atoms with van der Waals surface area (Å²) < 4.78 is 28.4. The van der Waals surface area contributed by atoms with Gasteiger partial charge in [-0.2, -0.15) is 5.10 Å². The minimum Gasteiger partial charge on any atom is -0.330 e. The van der Waals surface area contributed by atoms with Gasteiger partial charge in [0.25, 0.3) is 6.43 Å². The van der Waals surface area contributed by atoms with Gasteiger partial charge in [-0.05, 0) is 67.3 Å². The Hall–Kier alpha value is -3.19. The van der Waals surface area contributed by atoms with E-state index in [1.54, 1.807) is 12.1 Å². The van der Waals surface area contributed by atoms with Crippen molar-refractivity contribution in [3.8, 4) is 22.5 Å². The molecule has 5 nitrogen and oxygen atoms in total. The van der Waals surface area contributed by atoms with E-state index >= 15 is 0 Å². The molecule has 0 saturated carbocycles. The first kappa shape index (κ1) is 18.8. The molecule has 1 aliphatic rings. The molecule has 3 aromatic heterocycles. The van der Waals surface area contributed by atoms with Gasteiger partial charge < -0.3 is 5.73 Å². The maximum absolute atomic E-state index is 13.2. The van der Waals surface area contributed by atoms with Crippen LogP contribution < -0.4 is 5.73 Å². The molecular formula is C23H21F2N5. The van der Waals surface area contributed by atoms with E-state index in [1.807, 2.05) is 23.0 Å². The molecule has 0 fully saturated rings. The molecule has 0 unspecified atom stereocenters. The average molecular weight is 405 g/mol. The molecule has 152 valence electrons. The summed E-state index contributed by atoms with van der Waals surface area (Å²) in [6, 6.07) is 12.9. The van der Waals surface area contributed by atoms with Gasteiger partial charge in [-0.1, -0.05) is 12.1 Å². The molecule has 0 aliphatic carbocycles. The molecule has 2 N–H and O–H groups in total. The van der Waals surface area contributed by atoms with Crippen LogP contribution in [0.5, 0.6) is 0 Å². The second-order valence-corrected chi connectivity index (χ2v) is 7.54. The van der Waals surface area contributed by atoms with Gasteiger partial charge in [0.1, 0.15) is 11.4 Å². The van der Waals surface area contributed by atoms with Gasteiger partial charge in [-0.3, -0.25) is 9.67 Å². The smallest absolute Gasteiger partial charge is 0.280 e. The third-order valence-electron chi connectivity index (χ3n) is 5.54. The van der Waals surface area contributed by atoms with Crippen molar-refractivity contribution in [2.45, 2.75) is 32.2 Å². The zero-order valence-electron chi connectivity index (χ0n) is 16.4. The maximum Gasteiger partial charge on any atom is 0.280 e. The van der Waals surface area contributed by atoms with Gasteiger partial charge >= 0.3 is 0 Å². The molecule has 4 heterocycles. The number of aryl methyl sites for hydroxylation is 1. The number of alkyl halides is 2. The van der Waals surface area contributed by atoms with Crippen molar-refractivity contribution < 1.29 is 8.78 Å². The summed E-state index contributed by atoms with van der Waals surface area (Å²) in [6.45, 7) is 1.40. The van der Waals surface area contributed by atoms with Crippen molar-refractivity contribution in [3.63, 3.8) is 0 Å². The fourth-order valence-electron chi connectivity index (χ4n) is 4.16. The number of nitrogens with zero attached hydrogens (tertiary/aromatic N) is 4. The van der Waals surface area contributed by atoms with Crippen LogP contribution >= 0.6 is 0 Å². The third-order valence-corrected chi connectivity index (χ3v) is 5.54. The van der Waals surface area contributed by atoms with Crippen molar-refractivity contribution in [3.05, 3.63) is 65.6 Å². The van der Waals surface area contributed by atoms with Crippen molar-refractivity contribution >= 4 is 10.9 Å². The van der Waals surface area contributed by atoms with Gasteiger partial charge in [0.15, 0.2) is 0 Å². The van der Waals surface area contributed by atoms with Crippen molar-refractivity contribution in [2.24, 2.45) is 5.73 Å². The van der Waals surface area contributed by atoms with Crippen LogP contribution in [-0.4, -0.2) is 26.3 Å². The Morgan fingerprint density at radius 3 is 2.87 bits per heavy atom. The molecule has 4 aromatic rings. The van der Waals surface area contributed by atoms with E-state index in [-0.39, 0.29) is 5.69 Å². The zero-order valence-corrected chi connectivity index (χ0v) is 16.4. The van der Waals surface area contributed by atoms with Gasteiger partial charge in [0, 0.05) is 29.4 Å². The quantitative estimate of drug-likeness (QED) is 0.529.